The van der Waals surface area contributed by atoms with Gasteiger partial charge in [0.1, 0.15) is 0 Å². The summed E-state index contributed by atoms with van der Waals surface area (Å²) in [6.07, 6.45) is 4.70. The van der Waals surface area contributed by atoms with Crippen molar-refractivity contribution in [3.63, 3.8) is 0 Å². The van der Waals surface area contributed by atoms with E-state index in [9.17, 15) is 0 Å². The summed E-state index contributed by atoms with van der Waals surface area (Å²) in [4.78, 5) is 0. The van der Waals surface area contributed by atoms with Gasteiger partial charge < -0.3 is 9.15 Å². The SMILES string of the molecule is CC1OCCC1C(NN)c1ccoc1. The van der Waals surface area contributed by atoms with E-state index in [-0.39, 0.29) is 12.1 Å². The van der Waals surface area contributed by atoms with Crippen LogP contribution in [0.25, 0.3) is 0 Å². The van der Waals surface area contributed by atoms with Crippen molar-refractivity contribution in [2.24, 2.45) is 11.8 Å². The highest BCUT2D eigenvalue weighted by Crippen LogP contribution is 2.32. The van der Waals surface area contributed by atoms with E-state index in [1.165, 1.54) is 0 Å². The van der Waals surface area contributed by atoms with Crippen LogP contribution in [0.4, 0.5) is 0 Å². The number of hydrogen-bond acceptors (Lipinski definition) is 4. The van der Waals surface area contributed by atoms with Crippen molar-refractivity contribution >= 4 is 0 Å². The van der Waals surface area contributed by atoms with E-state index in [2.05, 4.69) is 12.3 Å². The fraction of sp³-hybridized carbons (Fsp3) is 0.600. The van der Waals surface area contributed by atoms with Crippen LogP contribution in [0.1, 0.15) is 24.9 Å². The zero-order valence-corrected chi connectivity index (χ0v) is 8.27. The number of hydrogen-bond donors (Lipinski definition) is 2. The van der Waals surface area contributed by atoms with Crippen LogP contribution in [-0.4, -0.2) is 12.7 Å². The van der Waals surface area contributed by atoms with E-state index in [1.807, 2.05) is 6.07 Å². The van der Waals surface area contributed by atoms with Gasteiger partial charge in [0.15, 0.2) is 0 Å². The molecule has 1 aliphatic heterocycles. The third-order valence-corrected chi connectivity index (χ3v) is 2.94. The summed E-state index contributed by atoms with van der Waals surface area (Å²) < 4.78 is 10.6. The summed E-state index contributed by atoms with van der Waals surface area (Å²) in [6.45, 7) is 2.91. The second kappa shape index (κ2) is 4.13. The Labute approximate surface area is 83.4 Å². The maximum Gasteiger partial charge on any atom is 0.0951 e. The van der Waals surface area contributed by atoms with Crippen molar-refractivity contribution in [3.8, 4) is 0 Å². The third-order valence-electron chi connectivity index (χ3n) is 2.94. The number of hydrazine groups is 1. The highest BCUT2D eigenvalue weighted by atomic mass is 16.5. The van der Waals surface area contributed by atoms with Crippen LogP contribution in [0.5, 0.6) is 0 Å². The van der Waals surface area contributed by atoms with E-state index in [1.54, 1.807) is 12.5 Å². The van der Waals surface area contributed by atoms with Gasteiger partial charge in [-0.15, -0.1) is 0 Å². The molecule has 1 saturated heterocycles. The fourth-order valence-electron chi connectivity index (χ4n) is 2.10. The molecule has 1 aromatic rings. The van der Waals surface area contributed by atoms with Gasteiger partial charge in [0.25, 0.3) is 0 Å². The number of furan rings is 1. The van der Waals surface area contributed by atoms with E-state index in [4.69, 9.17) is 15.0 Å². The monoisotopic (exact) mass is 196 g/mol. The molecule has 3 atom stereocenters. The lowest BCUT2D eigenvalue weighted by Crippen LogP contribution is -2.35. The Bertz CT molecular complexity index is 274. The molecular weight excluding hydrogens is 180 g/mol. The molecule has 1 aromatic heterocycles. The van der Waals surface area contributed by atoms with Crippen LogP contribution in [0.15, 0.2) is 23.0 Å². The Hall–Kier alpha value is -0.840. The number of nitrogens with two attached hydrogens (primary N) is 1. The lowest BCUT2D eigenvalue weighted by Gasteiger charge is -2.23. The van der Waals surface area contributed by atoms with Gasteiger partial charge in [0.05, 0.1) is 24.7 Å². The summed E-state index contributed by atoms with van der Waals surface area (Å²) in [5, 5.41) is 0. The van der Waals surface area contributed by atoms with Gasteiger partial charge in [0, 0.05) is 18.1 Å². The van der Waals surface area contributed by atoms with Crippen LogP contribution in [-0.2, 0) is 4.74 Å². The molecule has 0 aliphatic carbocycles. The molecule has 1 fully saturated rings. The standard InChI is InChI=1S/C10H16N2O2/c1-7-9(3-5-14-7)10(12-11)8-2-4-13-6-8/h2,4,6-7,9-10,12H,3,5,11H2,1H3. The average molecular weight is 196 g/mol. The highest BCUT2D eigenvalue weighted by Gasteiger charge is 2.32. The largest absolute Gasteiger partial charge is 0.472 e. The van der Waals surface area contributed by atoms with Crippen molar-refractivity contribution in [1.29, 1.82) is 0 Å². The molecule has 0 spiro atoms. The minimum atomic E-state index is 0.131. The first-order chi connectivity index (χ1) is 6.83. The second-order valence-corrected chi connectivity index (χ2v) is 3.73. The van der Waals surface area contributed by atoms with Crippen LogP contribution in [0.2, 0.25) is 0 Å². The Balaban J connectivity index is 2.13. The fourth-order valence-corrected chi connectivity index (χ4v) is 2.10. The van der Waals surface area contributed by atoms with Gasteiger partial charge in [-0.2, -0.15) is 0 Å². The summed E-state index contributed by atoms with van der Waals surface area (Å²) in [5.74, 6) is 5.99. The zero-order valence-electron chi connectivity index (χ0n) is 8.27. The number of rotatable bonds is 3. The van der Waals surface area contributed by atoms with Crippen molar-refractivity contribution in [2.75, 3.05) is 6.61 Å². The first-order valence-electron chi connectivity index (χ1n) is 4.92. The summed E-state index contributed by atoms with van der Waals surface area (Å²) in [6, 6.07) is 2.07. The lowest BCUT2D eigenvalue weighted by molar-refractivity contribution is 0.0953. The van der Waals surface area contributed by atoms with Crippen LogP contribution >= 0.6 is 0 Å². The molecule has 4 nitrogen and oxygen atoms in total. The molecule has 2 heterocycles. The topological polar surface area (TPSA) is 60.4 Å². The maximum atomic E-state index is 5.56. The lowest BCUT2D eigenvalue weighted by atomic mass is 9.90. The Morgan fingerprint density at radius 1 is 1.64 bits per heavy atom. The zero-order chi connectivity index (χ0) is 9.97. The Morgan fingerprint density at radius 2 is 2.50 bits per heavy atom. The van der Waals surface area contributed by atoms with E-state index in [0.29, 0.717) is 5.92 Å². The third kappa shape index (κ3) is 1.68. The molecule has 2 rings (SSSR count). The molecule has 0 amide bonds. The molecule has 4 heteroatoms. The van der Waals surface area contributed by atoms with Crippen molar-refractivity contribution in [1.82, 2.24) is 5.43 Å². The van der Waals surface area contributed by atoms with Crippen LogP contribution in [0.3, 0.4) is 0 Å². The molecule has 3 unspecified atom stereocenters. The maximum absolute atomic E-state index is 5.56. The molecule has 1 aliphatic rings. The van der Waals surface area contributed by atoms with E-state index in [0.717, 1.165) is 18.6 Å². The van der Waals surface area contributed by atoms with Crippen molar-refractivity contribution in [3.05, 3.63) is 24.2 Å². The highest BCUT2D eigenvalue weighted by molar-refractivity contribution is 5.13. The van der Waals surface area contributed by atoms with Gasteiger partial charge in [-0.3, -0.25) is 11.3 Å². The predicted octanol–water partition coefficient (Wildman–Crippen LogP) is 1.21. The Kier molecular flexibility index (Phi) is 2.86. The van der Waals surface area contributed by atoms with Gasteiger partial charge >= 0.3 is 0 Å². The molecule has 3 N–H and O–H groups in total. The summed E-state index contributed by atoms with van der Waals surface area (Å²) in [7, 11) is 0. The smallest absolute Gasteiger partial charge is 0.0951 e. The molecule has 0 bridgehead atoms. The first-order valence-corrected chi connectivity index (χ1v) is 4.92. The van der Waals surface area contributed by atoms with Gasteiger partial charge in [-0.05, 0) is 19.4 Å². The molecule has 78 valence electrons. The van der Waals surface area contributed by atoms with Gasteiger partial charge in [-0.1, -0.05) is 0 Å². The minimum absolute atomic E-state index is 0.131. The van der Waals surface area contributed by atoms with Crippen LogP contribution in [0, 0.1) is 5.92 Å². The summed E-state index contributed by atoms with van der Waals surface area (Å²) >= 11 is 0. The molecule has 14 heavy (non-hydrogen) atoms. The normalized spacial score (nSPS) is 29.3. The van der Waals surface area contributed by atoms with E-state index >= 15 is 0 Å². The van der Waals surface area contributed by atoms with E-state index < -0.39 is 0 Å². The second-order valence-electron chi connectivity index (χ2n) is 3.73. The first kappa shape index (κ1) is 9.71. The average Bonchev–Trinajstić information content (AvgIpc) is 2.80. The number of nitrogens with one attached hydrogen (secondary N) is 1. The van der Waals surface area contributed by atoms with Gasteiger partial charge in [0.2, 0.25) is 0 Å². The van der Waals surface area contributed by atoms with Crippen molar-refractivity contribution < 1.29 is 9.15 Å². The molecule has 0 radical (unpaired) electrons. The van der Waals surface area contributed by atoms with Crippen molar-refractivity contribution in [2.45, 2.75) is 25.5 Å². The predicted molar refractivity (Wildman–Crippen MR) is 52.3 cm³/mol. The Morgan fingerprint density at radius 3 is 3.00 bits per heavy atom. The summed E-state index contributed by atoms with van der Waals surface area (Å²) in [5.41, 5.74) is 3.93. The van der Waals surface area contributed by atoms with Crippen LogP contribution < -0.4 is 11.3 Å². The molecular formula is C10H16N2O2. The molecule has 0 aromatic carbocycles. The molecule has 0 saturated carbocycles. The minimum Gasteiger partial charge on any atom is -0.472 e. The number of ether oxygens (including phenoxy) is 1. The quantitative estimate of drug-likeness (QED) is 0.563. The van der Waals surface area contributed by atoms with Gasteiger partial charge in [-0.25, -0.2) is 0 Å².